The summed E-state index contributed by atoms with van der Waals surface area (Å²) in [6.07, 6.45) is 3.16. The molecule has 0 bridgehead atoms. The molecule has 158 valence electrons. The zero-order valence-corrected chi connectivity index (χ0v) is 17.2. The van der Waals surface area contributed by atoms with Crippen LogP contribution < -0.4 is 5.32 Å². The van der Waals surface area contributed by atoms with Crippen LogP contribution in [-0.2, 0) is 13.1 Å². The molecular formula is C20H23ClFN7O. The van der Waals surface area contributed by atoms with Gasteiger partial charge < -0.3 is 14.8 Å². The van der Waals surface area contributed by atoms with Gasteiger partial charge in [-0.25, -0.2) is 4.39 Å². The van der Waals surface area contributed by atoms with Crippen LogP contribution >= 0.6 is 12.4 Å². The highest BCUT2D eigenvalue weighted by molar-refractivity contribution is 5.99. The lowest BCUT2D eigenvalue weighted by atomic mass is 9.95. The van der Waals surface area contributed by atoms with Gasteiger partial charge in [-0.1, -0.05) is 12.1 Å². The van der Waals surface area contributed by atoms with Gasteiger partial charge >= 0.3 is 0 Å². The van der Waals surface area contributed by atoms with E-state index in [1.807, 2.05) is 4.90 Å². The summed E-state index contributed by atoms with van der Waals surface area (Å²) in [6, 6.07) is 6.40. The second-order valence-electron chi connectivity index (χ2n) is 7.51. The van der Waals surface area contributed by atoms with Crippen molar-refractivity contribution in [3.63, 3.8) is 0 Å². The fraction of sp³-hybridized carbons (Fsp3) is 0.400. The zero-order valence-electron chi connectivity index (χ0n) is 16.3. The molecule has 0 saturated carbocycles. The standard InChI is InChI=1S/C20H22FN7O.ClH/c21-16-4-2-1-3-14(16)18-15(11-23-25-18)20(29)27-8-5-13(6-9-27)19-26-24-17-12-22-7-10-28(17)19;/h1-4,11,13,22H,5-10,12H2,(H,23,25);1H. The third kappa shape index (κ3) is 3.59. The lowest BCUT2D eigenvalue weighted by Crippen LogP contribution is -2.39. The van der Waals surface area contributed by atoms with Gasteiger partial charge in [0.15, 0.2) is 0 Å². The van der Waals surface area contributed by atoms with Crippen LogP contribution in [0.3, 0.4) is 0 Å². The molecule has 2 aliphatic rings. The number of carbonyl (C=O) groups excluding carboxylic acids is 1. The molecule has 0 aliphatic carbocycles. The molecule has 0 spiro atoms. The van der Waals surface area contributed by atoms with E-state index in [0.29, 0.717) is 35.8 Å². The van der Waals surface area contributed by atoms with Gasteiger partial charge in [-0.3, -0.25) is 9.89 Å². The first-order valence-corrected chi connectivity index (χ1v) is 9.92. The molecule has 1 amide bonds. The summed E-state index contributed by atoms with van der Waals surface area (Å²) in [5.41, 5.74) is 1.18. The third-order valence-corrected chi connectivity index (χ3v) is 5.81. The summed E-state index contributed by atoms with van der Waals surface area (Å²) >= 11 is 0. The van der Waals surface area contributed by atoms with Crippen LogP contribution in [0.4, 0.5) is 4.39 Å². The number of rotatable bonds is 3. The van der Waals surface area contributed by atoms with E-state index in [1.54, 1.807) is 18.2 Å². The Morgan fingerprint density at radius 1 is 1.13 bits per heavy atom. The molecule has 0 atom stereocenters. The Kier molecular flexibility index (Phi) is 5.83. The molecular weight excluding hydrogens is 409 g/mol. The second kappa shape index (κ2) is 8.53. The minimum atomic E-state index is -0.379. The smallest absolute Gasteiger partial charge is 0.257 e. The first kappa shape index (κ1) is 20.5. The Hall–Kier alpha value is -2.78. The summed E-state index contributed by atoms with van der Waals surface area (Å²) in [4.78, 5) is 14.9. The minimum absolute atomic E-state index is 0. The number of H-pyrrole nitrogens is 1. The molecule has 1 saturated heterocycles. The van der Waals surface area contributed by atoms with Crippen molar-refractivity contribution in [2.24, 2.45) is 0 Å². The number of aromatic amines is 1. The van der Waals surface area contributed by atoms with E-state index in [1.165, 1.54) is 12.3 Å². The topological polar surface area (TPSA) is 91.7 Å². The number of fused-ring (bicyclic) bond motifs is 1. The molecule has 4 heterocycles. The predicted molar refractivity (Wildman–Crippen MR) is 111 cm³/mol. The van der Waals surface area contributed by atoms with Gasteiger partial charge in [0.05, 0.1) is 24.0 Å². The van der Waals surface area contributed by atoms with Crippen molar-refractivity contribution in [3.05, 3.63) is 53.5 Å². The second-order valence-corrected chi connectivity index (χ2v) is 7.51. The van der Waals surface area contributed by atoms with Gasteiger partial charge in [-0.15, -0.1) is 22.6 Å². The van der Waals surface area contributed by atoms with Gasteiger partial charge in [0.2, 0.25) is 0 Å². The molecule has 8 nitrogen and oxygen atoms in total. The number of nitrogens with zero attached hydrogens (tertiary/aromatic N) is 5. The lowest BCUT2D eigenvalue weighted by Gasteiger charge is -2.32. The van der Waals surface area contributed by atoms with E-state index < -0.39 is 0 Å². The van der Waals surface area contributed by atoms with E-state index in [0.717, 1.165) is 44.1 Å². The van der Waals surface area contributed by atoms with Crippen LogP contribution in [0, 0.1) is 5.82 Å². The number of carbonyl (C=O) groups is 1. The van der Waals surface area contributed by atoms with Gasteiger partial charge in [0.1, 0.15) is 17.5 Å². The first-order valence-electron chi connectivity index (χ1n) is 9.92. The van der Waals surface area contributed by atoms with E-state index in [2.05, 4.69) is 30.3 Å². The number of aromatic nitrogens is 5. The van der Waals surface area contributed by atoms with Crippen LogP contribution in [0.25, 0.3) is 11.3 Å². The summed E-state index contributed by atoms with van der Waals surface area (Å²) in [5, 5.41) is 18.8. The lowest BCUT2D eigenvalue weighted by molar-refractivity contribution is 0.0711. The largest absolute Gasteiger partial charge is 0.338 e. The van der Waals surface area contributed by atoms with Crippen LogP contribution in [0.1, 0.15) is 40.8 Å². The normalized spacial score (nSPS) is 16.8. The molecule has 2 N–H and O–H groups in total. The van der Waals surface area contributed by atoms with Crippen molar-refractivity contribution in [2.45, 2.75) is 31.8 Å². The quantitative estimate of drug-likeness (QED) is 0.664. The molecule has 30 heavy (non-hydrogen) atoms. The molecule has 0 unspecified atom stereocenters. The van der Waals surface area contributed by atoms with Gasteiger partial charge in [-0.2, -0.15) is 5.10 Å². The Bertz CT molecular complexity index is 1040. The Balaban J connectivity index is 0.00000218. The van der Waals surface area contributed by atoms with Gasteiger partial charge in [-0.05, 0) is 25.0 Å². The number of likely N-dealkylation sites (tertiary alicyclic amines) is 1. The number of piperidine rings is 1. The molecule has 2 aliphatic heterocycles. The summed E-state index contributed by atoms with van der Waals surface area (Å²) in [6.45, 7) is 3.83. The molecule has 3 aromatic rings. The van der Waals surface area contributed by atoms with Crippen LogP contribution in [0.2, 0.25) is 0 Å². The first-order chi connectivity index (χ1) is 14.2. The maximum absolute atomic E-state index is 14.2. The van der Waals surface area contributed by atoms with Crippen molar-refractivity contribution >= 4 is 18.3 Å². The minimum Gasteiger partial charge on any atom is -0.338 e. The van der Waals surface area contributed by atoms with E-state index in [9.17, 15) is 9.18 Å². The van der Waals surface area contributed by atoms with Crippen molar-refractivity contribution in [1.29, 1.82) is 0 Å². The number of hydrogen-bond donors (Lipinski definition) is 2. The fourth-order valence-corrected chi connectivity index (χ4v) is 4.25. The average molecular weight is 432 g/mol. The highest BCUT2D eigenvalue weighted by Gasteiger charge is 2.30. The van der Waals surface area contributed by atoms with Crippen molar-refractivity contribution in [2.75, 3.05) is 19.6 Å². The predicted octanol–water partition coefficient (Wildman–Crippen LogP) is 2.35. The molecule has 1 fully saturated rings. The zero-order chi connectivity index (χ0) is 19.8. The van der Waals surface area contributed by atoms with Crippen molar-refractivity contribution < 1.29 is 9.18 Å². The molecule has 10 heteroatoms. The highest BCUT2D eigenvalue weighted by atomic mass is 35.5. The number of nitrogens with one attached hydrogen (secondary N) is 2. The van der Waals surface area contributed by atoms with E-state index >= 15 is 0 Å². The monoisotopic (exact) mass is 431 g/mol. The molecule has 0 radical (unpaired) electrons. The van der Waals surface area contributed by atoms with Crippen LogP contribution in [-0.4, -0.2) is 55.4 Å². The summed E-state index contributed by atoms with van der Waals surface area (Å²) in [5.74, 6) is 1.81. The Morgan fingerprint density at radius 2 is 1.93 bits per heavy atom. The van der Waals surface area contributed by atoms with E-state index in [-0.39, 0.29) is 24.1 Å². The van der Waals surface area contributed by atoms with Crippen molar-refractivity contribution in [1.82, 2.24) is 35.2 Å². The summed E-state index contributed by atoms with van der Waals surface area (Å²) in [7, 11) is 0. The number of hydrogen-bond acceptors (Lipinski definition) is 5. The molecule has 1 aromatic carbocycles. The number of halogens is 2. The van der Waals surface area contributed by atoms with Gasteiger partial charge in [0, 0.05) is 37.7 Å². The van der Waals surface area contributed by atoms with Crippen molar-refractivity contribution in [3.8, 4) is 11.3 Å². The SMILES string of the molecule is Cl.O=C(c1cn[nH]c1-c1ccccc1F)N1CCC(c2nnc3n2CCNC3)CC1. The molecule has 5 rings (SSSR count). The number of amides is 1. The third-order valence-electron chi connectivity index (χ3n) is 5.81. The van der Waals surface area contributed by atoms with Gasteiger partial charge in [0.25, 0.3) is 5.91 Å². The number of benzene rings is 1. The van der Waals surface area contributed by atoms with E-state index in [4.69, 9.17) is 0 Å². The Morgan fingerprint density at radius 3 is 2.73 bits per heavy atom. The maximum Gasteiger partial charge on any atom is 0.257 e. The highest BCUT2D eigenvalue weighted by Crippen LogP contribution is 2.30. The fourth-order valence-electron chi connectivity index (χ4n) is 4.25. The summed E-state index contributed by atoms with van der Waals surface area (Å²) < 4.78 is 16.4. The van der Waals surface area contributed by atoms with Crippen LogP contribution in [0.15, 0.2) is 30.5 Å². The maximum atomic E-state index is 14.2. The van der Waals surface area contributed by atoms with Crippen LogP contribution in [0.5, 0.6) is 0 Å². The Labute approximate surface area is 179 Å². The average Bonchev–Trinajstić information content (AvgIpc) is 3.41. The molecule has 2 aromatic heterocycles.